The summed E-state index contributed by atoms with van der Waals surface area (Å²) >= 11 is 6.31. The summed E-state index contributed by atoms with van der Waals surface area (Å²) in [5.41, 5.74) is 9.43. The quantitative estimate of drug-likeness (QED) is 0.586. The first-order chi connectivity index (χ1) is 15.0. The molecule has 0 fully saturated rings. The Bertz CT molecular complexity index is 1200. The molecule has 0 amide bonds. The number of aromatic nitrogens is 2. The van der Waals surface area contributed by atoms with Gasteiger partial charge in [-0.1, -0.05) is 41.9 Å². The van der Waals surface area contributed by atoms with Crippen molar-refractivity contribution in [3.8, 4) is 23.4 Å². The number of aryl methyl sites for hydroxylation is 1. The van der Waals surface area contributed by atoms with Gasteiger partial charge in [0.2, 0.25) is 11.8 Å². The number of hydrogen-bond acceptors (Lipinski definition) is 6. The van der Waals surface area contributed by atoms with Crippen LogP contribution in [0, 0.1) is 18.3 Å². The Kier molecular flexibility index (Phi) is 5.74. The van der Waals surface area contributed by atoms with Gasteiger partial charge in [-0.05, 0) is 26.0 Å². The second-order valence-corrected chi connectivity index (χ2v) is 7.39. The van der Waals surface area contributed by atoms with Gasteiger partial charge in [0.15, 0.2) is 11.5 Å². The first-order valence-corrected chi connectivity index (χ1v) is 10.2. The first kappa shape index (κ1) is 20.6. The average molecular weight is 437 g/mol. The number of halogens is 1. The van der Waals surface area contributed by atoms with Crippen LogP contribution >= 0.6 is 11.6 Å². The predicted octanol–water partition coefficient (Wildman–Crippen LogP) is 4.57. The standard InChI is InChI=1S/C23H21ClN4O3/c1-3-29-18-10-6-8-15(21(18)30-12-14-7-4-5-9-17(14)24)20-16(11-25)22(26)31-23-19(20)13(2)27-28-23/h4-10,20H,3,12,26H2,1-2H3,(H,27,28). The van der Waals surface area contributed by atoms with E-state index >= 15 is 0 Å². The highest BCUT2D eigenvalue weighted by Gasteiger charge is 2.36. The van der Waals surface area contributed by atoms with Crippen LogP contribution in [-0.2, 0) is 6.61 Å². The summed E-state index contributed by atoms with van der Waals surface area (Å²) < 4.78 is 17.7. The van der Waals surface area contributed by atoms with Crippen LogP contribution in [0.5, 0.6) is 17.4 Å². The summed E-state index contributed by atoms with van der Waals surface area (Å²) in [5.74, 6) is 0.928. The lowest BCUT2D eigenvalue weighted by molar-refractivity contribution is 0.266. The number of nitrogens with two attached hydrogens (primary N) is 1. The summed E-state index contributed by atoms with van der Waals surface area (Å²) in [6, 6.07) is 15.2. The van der Waals surface area contributed by atoms with Crippen molar-refractivity contribution in [1.29, 1.82) is 5.26 Å². The first-order valence-electron chi connectivity index (χ1n) is 9.79. The highest BCUT2D eigenvalue weighted by Crippen LogP contribution is 2.47. The molecule has 2 heterocycles. The molecule has 8 heteroatoms. The molecule has 0 spiro atoms. The van der Waals surface area contributed by atoms with Crippen molar-refractivity contribution in [2.45, 2.75) is 26.4 Å². The third-order valence-electron chi connectivity index (χ3n) is 5.08. The zero-order valence-corrected chi connectivity index (χ0v) is 17.9. The number of aromatic amines is 1. The molecule has 3 N–H and O–H groups in total. The van der Waals surface area contributed by atoms with Gasteiger partial charge in [0.25, 0.3) is 0 Å². The SMILES string of the molecule is CCOc1cccc(C2C(C#N)=C(N)Oc3n[nH]c(C)c32)c1OCc1ccccc1Cl. The number of rotatable bonds is 6. The smallest absolute Gasteiger partial charge is 0.244 e. The van der Waals surface area contributed by atoms with Crippen LogP contribution in [-0.4, -0.2) is 16.8 Å². The van der Waals surface area contributed by atoms with Crippen LogP contribution in [0.3, 0.4) is 0 Å². The third-order valence-corrected chi connectivity index (χ3v) is 5.45. The van der Waals surface area contributed by atoms with Crippen molar-refractivity contribution in [2.24, 2.45) is 5.73 Å². The Hall–Kier alpha value is -3.63. The summed E-state index contributed by atoms with van der Waals surface area (Å²) in [7, 11) is 0. The van der Waals surface area contributed by atoms with Crippen molar-refractivity contribution in [3.05, 3.63) is 81.3 Å². The fourth-order valence-corrected chi connectivity index (χ4v) is 3.85. The average Bonchev–Trinajstić information content (AvgIpc) is 3.13. The van der Waals surface area contributed by atoms with Gasteiger partial charge in [0.05, 0.1) is 12.5 Å². The van der Waals surface area contributed by atoms with E-state index in [9.17, 15) is 5.26 Å². The minimum absolute atomic E-state index is 0.0189. The van der Waals surface area contributed by atoms with Gasteiger partial charge < -0.3 is 19.9 Å². The number of ether oxygens (including phenoxy) is 3. The van der Waals surface area contributed by atoms with E-state index < -0.39 is 5.92 Å². The Morgan fingerprint density at radius 2 is 2.03 bits per heavy atom. The molecule has 31 heavy (non-hydrogen) atoms. The number of nitriles is 1. The van der Waals surface area contributed by atoms with Crippen molar-refractivity contribution in [1.82, 2.24) is 10.2 Å². The van der Waals surface area contributed by atoms with Crippen molar-refractivity contribution >= 4 is 11.6 Å². The van der Waals surface area contributed by atoms with E-state index in [0.717, 1.165) is 22.4 Å². The molecule has 1 aromatic heterocycles. The van der Waals surface area contributed by atoms with E-state index in [-0.39, 0.29) is 18.1 Å². The number of nitrogens with one attached hydrogen (secondary N) is 1. The van der Waals surface area contributed by atoms with Crippen LogP contribution in [0.4, 0.5) is 0 Å². The van der Waals surface area contributed by atoms with Crippen LogP contribution in [0.2, 0.25) is 5.02 Å². The Morgan fingerprint density at radius 3 is 2.77 bits per heavy atom. The molecule has 0 aliphatic carbocycles. The summed E-state index contributed by atoms with van der Waals surface area (Å²) in [4.78, 5) is 0. The minimum Gasteiger partial charge on any atom is -0.490 e. The van der Waals surface area contributed by atoms with E-state index in [1.165, 1.54) is 0 Å². The normalized spacial score (nSPS) is 15.1. The molecule has 7 nitrogen and oxygen atoms in total. The van der Waals surface area contributed by atoms with Crippen LogP contribution in [0.25, 0.3) is 0 Å². The largest absolute Gasteiger partial charge is 0.490 e. The Balaban J connectivity index is 1.85. The van der Waals surface area contributed by atoms with Gasteiger partial charge in [0, 0.05) is 27.4 Å². The van der Waals surface area contributed by atoms with E-state index in [1.807, 2.05) is 56.3 Å². The number of benzene rings is 2. The van der Waals surface area contributed by atoms with Crippen molar-refractivity contribution in [2.75, 3.05) is 6.61 Å². The van der Waals surface area contributed by atoms with Gasteiger partial charge in [-0.25, -0.2) is 0 Å². The van der Waals surface area contributed by atoms with Gasteiger partial charge >= 0.3 is 0 Å². The lowest BCUT2D eigenvalue weighted by atomic mass is 9.83. The highest BCUT2D eigenvalue weighted by molar-refractivity contribution is 6.31. The molecule has 0 radical (unpaired) electrons. The number of H-pyrrole nitrogens is 1. The van der Waals surface area contributed by atoms with E-state index in [4.69, 9.17) is 31.5 Å². The van der Waals surface area contributed by atoms with Crippen molar-refractivity contribution in [3.63, 3.8) is 0 Å². The fraction of sp³-hybridized carbons (Fsp3) is 0.217. The molecule has 158 valence electrons. The molecule has 1 aliphatic rings. The topological polar surface area (TPSA) is 106 Å². The molecule has 4 rings (SSSR count). The maximum absolute atomic E-state index is 9.87. The van der Waals surface area contributed by atoms with Crippen molar-refractivity contribution < 1.29 is 14.2 Å². The van der Waals surface area contributed by atoms with E-state index in [1.54, 1.807) is 0 Å². The van der Waals surface area contributed by atoms with Gasteiger partial charge in [0.1, 0.15) is 18.2 Å². The zero-order chi connectivity index (χ0) is 22.0. The maximum atomic E-state index is 9.87. The Labute approximate surface area is 185 Å². The molecule has 1 atom stereocenters. The monoisotopic (exact) mass is 436 g/mol. The summed E-state index contributed by atoms with van der Waals surface area (Å²) in [6.45, 7) is 4.46. The maximum Gasteiger partial charge on any atom is 0.244 e. The van der Waals surface area contributed by atoms with Gasteiger partial charge in [-0.15, -0.1) is 5.10 Å². The number of allylic oxidation sites excluding steroid dienone is 1. The van der Waals surface area contributed by atoms with Gasteiger partial charge in [-0.2, -0.15) is 5.26 Å². The molecule has 1 aliphatic heterocycles. The predicted molar refractivity (Wildman–Crippen MR) is 116 cm³/mol. The van der Waals surface area contributed by atoms with Crippen LogP contribution in [0.1, 0.15) is 35.2 Å². The number of hydrogen-bond donors (Lipinski definition) is 2. The second-order valence-electron chi connectivity index (χ2n) is 6.98. The van der Waals surface area contributed by atoms with Gasteiger partial charge in [-0.3, -0.25) is 5.10 Å². The number of fused-ring (bicyclic) bond motifs is 1. The third kappa shape index (κ3) is 3.78. The lowest BCUT2D eigenvalue weighted by Crippen LogP contribution is -2.21. The molecule has 0 bridgehead atoms. The van der Waals surface area contributed by atoms with E-state index in [0.29, 0.717) is 29.0 Å². The molecule has 2 aromatic carbocycles. The minimum atomic E-state index is -0.519. The summed E-state index contributed by atoms with van der Waals surface area (Å²) in [5, 5.41) is 17.6. The number of nitrogens with zero attached hydrogens (tertiary/aromatic N) is 2. The molecule has 1 unspecified atom stereocenters. The fourth-order valence-electron chi connectivity index (χ4n) is 3.66. The highest BCUT2D eigenvalue weighted by atomic mass is 35.5. The lowest BCUT2D eigenvalue weighted by Gasteiger charge is -2.26. The van der Waals surface area contributed by atoms with E-state index in [2.05, 4.69) is 16.3 Å². The second kappa shape index (κ2) is 8.62. The molecular weight excluding hydrogens is 416 g/mol. The summed E-state index contributed by atoms with van der Waals surface area (Å²) in [6.07, 6.45) is 0. The van der Waals surface area contributed by atoms with Crippen LogP contribution in [0.15, 0.2) is 53.9 Å². The molecule has 3 aromatic rings. The molecule has 0 saturated carbocycles. The molecule has 0 saturated heterocycles. The van der Waals surface area contributed by atoms with Crippen LogP contribution < -0.4 is 19.9 Å². The Morgan fingerprint density at radius 1 is 1.23 bits per heavy atom. The molecular formula is C23H21ClN4O3. The number of para-hydroxylation sites is 1. The zero-order valence-electron chi connectivity index (χ0n) is 17.1.